The van der Waals surface area contributed by atoms with Crippen molar-refractivity contribution in [3.63, 3.8) is 0 Å². The maximum absolute atomic E-state index is 11.4. The Bertz CT molecular complexity index is 1700. The lowest BCUT2D eigenvalue weighted by Gasteiger charge is -2.50. The zero-order chi connectivity index (χ0) is 64.1. The van der Waals surface area contributed by atoms with Crippen molar-refractivity contribution in [3.8, 4) is 0 Å². The van der Waals surface area contributed by atoms with Gasteiger partial charge in [-0.1, -0.05) is 0 Å². The van der Waals surface area contributed by atoms with Crippen LogP contribution in [-0.2, 0) is 75.8 Å². The number of hydrogen-bond acceptors (Lipinski definition) is 40. The van der Waals surface area contributed by atoms with Crippen molar-refractivity contribution in [1.29, 1.82) is 0 Å². The monoisotopic (exact) mass is 1300 g/mol. The summed E-state index contributed by atoms with van der Waals surface area (Å²) >= 11 is 0. The SMILES string of the molecule is OCC1OC2OC3C(CO)OC(OC4C(CO)OC(OC5C(CO)OC(OC6C(CO)OC(OC7C(CO)OC(OC8C(CO)OC(OC9C(CO)OC(OC1[C@H](O)[C@H]2O)[C@H](O)[C@H]9O)[C@H](O)[C@H]8O)[C@H](O)[C@H]7O)[C@H](O)[C@H]6O)[C@H](O)[C@H]5O)[C@H](O)[C@H]4O)[C@H](O)[C@H]3O. The molecule has 24 unspecified atom stereocenters. The highest BCUT2D eigenvalue weighted by atomic mass is 16.8. The van der Waals surface area contributed by atoms with Crippen LogP contribution in [0.4, 0.5) is 0 Å². The number of rotatable bonds is 8. The van der Waals surface area contributed by atoms with E-state index in [-0.39, 0.29) is 0 Å². The van der Waals surface area contributed by atoms with Gasteiger partial charge in [0.25, 0.3) is 0 Å². The topological polar surface area (TPSA) is 633 Å². The van der Waals surface area contributed by atoms with Crippen LogP contribution in [-0.4, -0.2) is 421 Å². The molecule has 0 aromatic heterocycles. The third-order valence-electron chi connectivity index (χ3n) is 16.9. The lowest BCUT2D eigenvalue weighted by atomic mass is 9.94. The molecule has 30 aliphatic rings. The van der Waals surface area contributed by atoms with Crippen LogP contribution >= 0.6 is 0 Å². The zero-order valence-corrected chi connectivity index (χ0v) is 46.0. The summed E-state index contributed by atoms with van der Waals surface area (Å²) < 4.78 is 91.1. The van der Waals surface area contributed by atoms with Crippen molar-refractivity contribution in [1.82, 2.24) is 0 Å². The maximum atomic E-state index is 11.4. The van der Waals surface area contributed by atoms with Gasteiger partial charge in [0.15, 0.2) is 50.3 Å². The van der Waals surface area contributed by atoms with E-state index in [2.05, 4.69) is 0 Å². The molecular weight excluding hydrogens is 1220 g/mol. The lowest BCUT2D eigenvalue weighted by molar-refractivity contribution is -0.404. The Morgan fingerprint density at radius 3 is 0.307 bits per heavy atom. The molecule has 30 fully saturated rings. The van der Waals surface area contributed by atoms with Gasteiger partial charge in [0.05, 0.1) is 52.9 Å². The molecule has 30 aliphatic heterocycles. The Morgan fingerprint density at radius 2 is 0.227 bits per heavy atom. The van der Waals surface area contributed by atoms with E-state index >= 15 is 0 Å². The Labute approximate surface area is 496 Å². The summed E-state index contributed by atoms with van der Waals surface area (Å²) in [5.41, 5.74) is 0. The quantitative estimate of drug-likeness (QED) is 0.107. The van der Waals surface area contributed by atoms with E-state index in [1.165, 1.54) is 0 Å². The van der Waals surface area contributed by atoms with E-state index < -0.39 is 299 Å². The minimum absolute atomic E-state index is 1.08. The predicted octanol–water partition coefficient (Wildman–Crippen LogP) is -17.4. The average molecular weight is 1300 g/mol. The first-order valence-corrected chi connectivity index (χ1v) is 28.1. The standard InChI is InChI=1S/C48H80O40/c49-1-9-33-17(57)25(65)41(73-9)82-34-10(2-50)75-43(27(67)19(34)59)84-36-12(4-52)77-45(29(69)21(36)61)86-38-14(6-54)79-47(31(71)23(38)63)88-40-16(8-56)80-48(32(72)24(40)64)87-39-15(7-55)78-46(30(70)22(39)62)85-37-13(5-53)76-44(28(68)20(37)60)83-35-11(3-51)74-42(81-33)26(66)18(35)58/h9-72H,1-8H2/t9?,10?,11?,12?,13?,14?,15?,16?,17-,18-,19-,20-,21-,22-,23-,24-,25-,26-,27-,28-,29-,30-,31-,32-,33?,34?,35?,36?,37?,38?,39?,40?,41?,42?,43?,44?,45?,46?,47?,48?/m1/s1. The van der Waals surface area contributed by atoms with Crippen LogP contribution in [0.1, 0.15) is 0 Å². The van der Waals surface area contributed by atoms with Gasteiger partial charge in [0.1, 0.15) is 195 Å². The van der Waals surface area contributed by atoms with Crippen molar-refractivity contribution in [2.24, 2.45) is 0 Å². The second kappa shape index (κ2) is 30.0. The first-order chi connectivity index (χ1) is 41.9. The Balaban J connectivity index is 0.975. The molecule has 30 rings (SSSR count). The molecule has 88 heavy (non-hydrogen) atoms. The molecule has 0 saturated carbocycles. The molecule has 16 bridgehead atoms. The Kier molecular flexibility index (Phi) is 24.1. The van der Waals surface area contributed by atoms with Crippen LogP contribution in [0.25, 0.3) is 0 Å². The largest absolute Gasteiger partial charge is 0.394 e. The highest BCUT2D eigenvalue weighted by Crippen LogP contribution is 2.40. The highest BCUT2D eigenvalue weighted by Gasteiger charge is 2.60. The molecule has 0 aliphatic carbocycles. The summed E-state index contributed by atoms with van der Waals surface area (Å²) in [5.74, 6) is 0. The van der Waals surface area contributed by atoms with Gasteiger partial charge in [0.2, 0.25) is 0 Å². The molecule has 0 spiro atoms. The van der Waals surface area contributed by atoms with Crippen LogP contribution in [0.3, 0.4) is 0 Å². The highest BCUT2D eigenvalue weighted by molar-refractivity contribution is 5.02. The van der Waals surface area contributed by atoms with Crippen LogP contribution in [0, 0.1) is 0 Å². The summed E-state index contributed by atoms with van der Waals surface area (Å²) in [5, 5.41) is 265. The predicted molar refractivity (Wildman–Crippen MR) is 261 cm³/mol. The summed E-state index contributed by atoms with van der Waals surface area (Å²) in [4.78, 5) is 0. The van der Waals surface area contributed by atoms with Gasteiger partial charge in [-0.3, -0.25) is 0 Å². The second-order valence-electron chi connectivity index (χ2n) is 22.5. The number of aliphatic hydroxyl groups is 24. The first kappa shape index (κ1) is 70.7. The molecule has 0 radical (unpaired) electrons. The molecule has 0 aromatic carbocycles. The van der Waals surface area contributed by atoms with Gasteiger partial charge in [0, 0.05) is 0 Å². The average Bonchev–Trinajstić information content (AvgIpc) is 0.985. The molecule has 512 valence electrons. The maximum Gasteiger partial charge on any atom is 0.187 e. The van der Waals surface area contributed by atoms with Crippen LogP contribution in [0.15, 0.2) is 0 Å². The van der Waals surface area contributed by atoms with E-state index in [1.54, 1.807) is 0 Å². The minimum Gasteiger partial charge on any atom is -0.394 e. The molecule has 24 N–H and O–H groups in total. The zero-order valence-electron chi connectivity index (χ0n) is 46.0. The summed E-state index contributed by atoms with van der Waals surface area (Å²) in [7, 11) is 0. The van der Waals surface area contributed by atoms with E-state index in [4.69, 9.17) is 75.8 Å². The fourth-order valence-corrected chi connectivity index (χ4v) is 11.9. The smallest absolute Gasteiger partial charge is 0.187 e. The molecule has 0 amide bonds. The molecule has 30 saturated heterocycles. The van der Waals surface area contributed by atoms with Crippen molar-refractivity contribution >= 4 is 0 Å². The van der Waals surface area contributed by atoms with Gasteiger partial charge in [-0.05, 0) is 0 Å². The van der Waals surface area contributed by atoms with E-state index in [9.17, 15) is 123 Å². The van der Waals surface area contributed by atoms with Gasteiger partial charge < -0.3 is 198 Å². The van der Waals surface area contributed by atoms with Crippen molar-refractivity contribution < 1.29 is 198 Å². The van der Waals surface area contributed by atoms with Gasteiger partial charge >= 0.3 is 0 Å². The molecule has 40 atom stereocenters. The van der Waals surface area contributed by atoms with E-state index in [0.29, 0.717) is 0 Å². The van der Waals surface area contributed by atoms with Crippen LogP contribution in [0.2, 0.25) is 0 Å². The van der Waals surface area contributed by atoms with Gasteiger partial charge in [-0.25, -0.2) is 0 Å². The summed E-state index contributed by atoms with van der Waals surface area (Å²) in [6.45, 7) is -8.64. The van der Waals surface area contributed by atoms with Crippen molar-refractivity contribution in [2.75, 3.05) is 52.9 Å². The fourth-order valence-electron chi connectivity index (χ4n) is 11.9. The minimum atomic E-state index is -2.25. The number of hydrogen-bond donors (Lipinski definition) is 24. The second-order valence-corrected chi connectivity index (χ2v) is 22.5. The Hall–Kier alpha value is -1.60. The summed E-state index contributed by atoms with van der Waals surface area (Å²) in [6.07, 6.45) is -82.0. The van der Waals surface area contributed by atoms with Gasteiger partial charge in [-0.15, -0.1) is 0 Å². The molecule has 0 aromatic rings. The van der Waals surface area contributed by atoms with Crippen molar-refractivity contribution in [2.45, 2.75) is 246 Å². The number of ether oxygens (including phenoxy) is 16. The van der Waals surface area contributed by atoms with Crippen LogP contribution < -0.4 is 0 Å². The lowest BCUT2D eigenvalue weighted by Crippen LogP contribution is -2.69. The summed E-state index contributed by atoms with van der Waals surface area (Å²) in [6, 6.07) is 0. The third-order valence-corrected chi connectivity index (χ3v) is 16.9. The normalized spacial score (nSPS) is 55.4. The van der Waals surface area contributed by atoms with Crippen LogP contribution in [0.5, 0.6) is 0 Å². The number of aliphatic hydroxyl groups excluding tert-OH is 24. The Morgan fingerprint density at radius 1 is 0.136 bits per heavy atom. The molecule has 30 heterocycles. The van der Waals surface area contributed by atoms with Crippen molar-refractivity contribution in [3.05, 3.63) is 0 Å². The molecule has 40 heteroatoms. The first-order valence-electron chi connectivity index (χ1n) is 28.1. The fraction of sp³-hybridized carbons (Fsp3) is 1.00. The van der Waals surface area contributed by atoms with E-state index in [1.807, 2.05) is 0 Å². The molecule has 40 nitrogen and oxygen atoms in total. The third kappa shape index (κ3) is 13.8. The van der Waals surface area contributed by atoms with Gasteiger partial charge in [-0.2, -0.15) is 0 Å². The van der Waals surface area contributed by atoms with E-state index in [0.717, 1.165) is 0 Å². The molecular formula is C48H80O40.